The summed E-state index contributed by atoms with van der Waals surface area (Å²) in [6.45, 7) is 3.62. The highest BCUT2D eigenvalue weighted by molar-refractivity contribution is 5.81. The lowest BCUT2D eigenvalue weighted by atomic mass is 10.2. The maximum absolute atomic E-state index is 8.87. The zero-order valence-corrected chi connectivity index (χ0v) is 11.2. The zero-order chi connectivity index (χ0) is 13.5. The van der Waals surface area contributed by atoms with Crippen molar-refractivity contribution in [2.75, 3.05) is 26.8 Å². The fraction of sp³-hybridized carbons (Fsp3) is 0.400. The monoisotopic (exact) mass is 257 g/mol. The predicted molar refractivity (Wildman–Crippen MR) is 76.0 cm³/mol. The second kappa shape index (κ2) is 6.93. The van der Waals surface area contributed by atoms with Crippen molar-refractivity contribution in [2.45, 2.75) is 13.0 Å². The minimum Gasteiger partial charge on any atom is -0.383 e. The van der Waals surface area contributed by atoms with Gasteiger partial charge in [-0.2, -0.15) is 5.26 Å². The van der Waals surface area contributed by atoms with Gasteiger partial charge in [0.25, 0.3) is 0 Å². The highest BCUT2D eigenvalue weighted by Crippen LogP contribution is 2.17. The summed E-state index contributed by atoms with van der Waals surface area (Å²) < 4.78 is 7.21. The number of aromatic nitrogens is 1. The Kier molecular flexibility index (Phi) is 4.96. The summed E-state index contributed by atoms with van der Waals surface area (Å²) >= 11 is 0. The van der Waals surface area contributed by atoms with Gasteiger partial charge in [0.1, 0.15) is 0 Å². The van der Waals surface area contributed by atoms with Gasteiger partial charge < -0.3 is 14.6 Å². The molecule has 0 atom stereocenters. The van der Waals surface area contributed by atoms with Crippen LogP contribution in [0.25, 0.3) is 10.9 Å². The molecule has 1 aromatic heterocycles. The molecule has 0 radical (unpaired) electrons. The third-order valence-corrected chi connectivity index (χ3v) is 3.14. The smallest absolute Gasteiger partial charge is 0.0991 e. The molecule has 0 saturated heterocycles. The molecule has 0 spiro atoms. The van der Waals surface area contributed by atoms with Gasteiger partial charge in [0.15, 0.2) is 0 Å². The molecule has 0 aliphatic heterocycles. The van der Waals surface area contributed by atoms with Crippen LogP contribution < -0.4 is 5.32 Å². The Morgan fingerprint density at radius 2 is 2.21 bits per heavy atom. The summed E-state index contributed by atoms with van der Waals surface area (Å²) in [6.07, 6.45) is 3.16. The van der Waals surface area contributed by atoms with Crippen LogP contribution in [0.2, 0.25) is 0 Å². The van der Waals surface area contributed by atoms with Crippen LogP contribution in [0.3, 0.4) is 0 Å². The molecule has 0 unspecified atom stereocenters. The largest absolute Gasteiger partial charge is 0.383 e. The SMILES string of the molecule is COCCNCCCn1ccc2cc(C#N)ccc21. The lowest BCUT2D eigenvalue weighted by Crippen LogP contribution is -2.21. The van der Waals surface area contributed by atoms with Gasteiger partial charge in [0.05, 0.1) is 18.2 Å². The number of hydrogen-bond donors (Lipinski definition) is 1. The maximum Gasteiger partial charge on any atom is 0.0991 e. The third-order valence-electron chi connectivity index (χ3n) is 3.14. The molecule has 0 saturated carbocycles. The quantitative estimate of drug-likeness (QED) is 0.773. The Hall–Kier alpha value is -1.83. The standard InChI is InChI=1S/C15H19N3O/c1-19-10-7-17-6-2-8-18-9-5-14-11-13(12-16)3-4-15(14)18/h3-5,9,11,17H,2,6-8,10H2,1H3. The Balaban J connectivity index is 1.89. The van der Waals surface area contributed by atoms with Gasteiger partial charge in [-0.15, -0.1) is 0 Å². The number of aryl methyl sites for hydroxylation is 1. The molecule has 0 amide bonds. The van der Waals surface area contributed by atoms with E-state index in [9.17, 15) is 0 Å². The minimum absolute atomic E-state index is 0.714. The molecule has 4 heteroatoms. The van der Waals surface area contributed by atoms with Crippen molar-refractivity contribution in [3.05, 3.63) is 36.0 Å². The molecule has 0 fully saturated rings. The molecule has 2 rings (SSSR count). The Bertz CT molecular complexity index is 568. The zero-order valence-electron chi connectivity index (χ0n) is 11.2. The average Bonchev–Trinajstić information content (AvgIpc) is 2.85. The third kappa shape index (κ3) is 3.57. The average molecular weight is 257 g/mol. The maximum atomic E-state index is 8.87. The summed E-state index contributed by atoms with van der Waals surface area (Å²) in [4.78, 5) is 0. The number of hydrogen-bond acceptors (Lipinski definition) is 3. The predicted octanol–water partition coefficient (Wildman–Crippen LogP) is 2.14. The second-order valence-corrected chi connectivity index (χ2v) is 4.49. The topological polar surface area (TPSA) is 50.0 Å². The van der Waals surface area contributed by atoms with Gasteiger partial charge in [0.2, 0.25) is 0 Å². The van der Waals surface area contributed by atoms with Gasteiger partial charge in [-0.05, 0) is 37.2 Å². The van der Waals surface area contributed by atoms with E-state index in [-0.39, 0.29) is 0 Å². The molecule has 100 valence electrons. The summed E-state index contributed by atoms with van der Waals surface area (Å²) in [6, 6.07) is 10.1. The van der Waals surface area contributed by atoms with Crippen molar-refractivity contribution in [1.82, 2.24) is 9.88 Å². The van der Waals surface area contributed by atoms with Crippen LogP contribution in [0, 0.1) is 11.3 Å². The Morgan fingerprint density at radius 1 is 1.32 bits per heavy atom. The van der Waals surface area contributed by atoms with E-state index < -0.39 is 0 Å². The molecule has 0 bridgehead atoms. The number of rotatable bonds is 7. The minimum atomic E-state index is 0.714. The first kappa shape index (κ1) is 13.6. The van der Waals surface area contributed by atoms with Crippen molar-refractivity contribution in [3.8, 4) is 6.07 Å². The van der Waals surface area contributed by atoms with Crippen LogP contribution >= 0.6 is 0 Å². The molecule has 1 aromatic carbocycles. The van der Waals surface area contributed by atoms with Crippen LogP contribution in [0.15, 0.2) is 30.5 Å². The lowest BCUT2D eigenvalue weighted by Gasteiger charge is -2.07. The van der Waals surface area contributed by atoms with E-state index in [1.54, 1.807) is 7.11 Å². The number of ether oxygens (including phenoxy) is 1. The number of nitrogens with one attached hydrogen (secondary N) is 1. The number of benzene rings is 1. The van der Waals surface area contributed by atoms with Gasteiger partial charge in [0, 0.05) is 37.3 Å². The van der Waals surface area contributed by atoms with E-state index in [0.29, 0.717) is 5.56 Å². The van der Waals surface area contributed by atoms with E-state index in [4.69, 9.17) is 10.00 Å². The van der Waals surface area contributed by atoms with E-state index in [2.05, 4.69) is 28.2 Å². The molecule has 0 aliphatic rings. The number of methoxy groups -OCH3 is 1. The van der Waals surface area contributed by atoms with Crippen LogP contribution in [-0.2, 0) is 11.3 Å². The molecule has 1 N–H and O–H groups in total. The van der Waals surface area contributed by atoms with Crippen LogP contribution in [0.4, 0.5) is 0 Å². The Morgan fingerprint density at radius 3 is 3.00 bits per heavy atom. The highest BCUT2D eigenvalue weighted by atomic mass is 16.5. The summed E-state index contributed by atoms with van der Waals surface area (Å²) in [7, 11) is 1.71. The molecule has 1 heterocycles. The lowest BCUT2D eigenvalue weighted by molar-refractivity contribution is 0.199. The van der Waals surface area contributed by atoms with E-state index in [1.807, 2.05) is 18.2 Å². The second-order valence-electron chi connectivity index (χ2n) is 4.49. The first-order valence-electron chi connectivity index (χ1n) is 6.54. The van der Waals surface area contributed by atoms with E-state index in [1.165, 1.54) is 5.52 Å². The van der Waals surface area contributed by atoms with Crippen molar-refractivity contribution in [3.63, 3.8) is 0 Å². The fourth-order valence-corrected chi connectivity index (χ4v) is 2.14. The van der Waals surface area contributed by atoms with Gasteiger partial charge in [-0.3, -0.25) is 0 Å². The van der Waals surface area contributed by atoms with Crippen molar-refractivity contribution in [1.29, 1.82) is 5.26 Å². The normalized spacial score (nSPS) is 10.7. The molecule has 0 aliphatic carbocycles. The first-order valence-corrected chi connectivity index (χ1v) is 6.54. The van der Waals surface area contributed by atoms with Crippen LogP contribution in [0.5, 0.6) is 0 Å². The van der Waals surface area contributed by atoms with E-state index >= 15 is 0 Å². The van der Waals surface area contributed by atoms with Gasteiger partial charge in [-0.1, -0.05) is 0 Å². The summed E-state index contributed by atoms with van der Waals surface area (Å²) in [5, 5.41) is 13.3. The number of nitrogens with zero attached hydrogens (tertiary/aromatic N) is 2. The fourth-order valence-electron chi connectivity index (χ4n) is 2.14. The molecular weight excluding hydrogens is 238 g/mol. The Labute approximate surface area is 113 Å². The summed E-state index contributed by atoms with van der Waals surface area (Å²) in [5.74, 6) is 0. The van der Waals surface area contributed by atoms with Crippen molar-refractivity contribution in [2.24, 2.45) is 0 Å². The van der Waals surface area contributed by atoms with Gasteiger partial charge >= 0.3 is 0 Å². The van der Waals surface area contributed by atoms with Crippen molar-refractivity contribution >= 4 is 10.9 Å². The molecular formula is C15H19N3O. The first-order chi connectivity index (χ1) is 9.35. The van der Waals surface area contributed by atoms with Crippen LogP contribution in [-0.4, -0.2) is 31.4 Å². The highest BCUT2D eigenvalue weighted by Gasteiger charge is 2.01. The molecule has 2 aromatic rings. The molecule has 19 heavy (non-hydrogen) atoms. The summed E-state index contributed by atoms with van der Waals surface area (Å²) in [5.41, 5.74) is 1.90. The van der Waals surface area contributed by atoms with Crippen molar-refractivity contribution < 1.29 is 4.74 Å². The van der Waals surface area contributed by atoms with Crippen LogP contribution in [0.1, 0.15) is 12.0 Å². The van der Waals surface area contributed by atoms with E-state index in [0.717, 1.165) is 38.0 Å². The number of fused-ring (bicyclic) bond motifs is 1. The molecule has 4 nitrogen and oxygen atoms in total. The van der Waals surface area contributed by atoms with Gasteiger partial charge in [-0.25, -0.2) is 0 Å². The number of nitriles is 1.